The monoisotopic (exact) mass is 400 g/mol. The lowest BCUT2D eigenvalue weighted by Gasteiger charge is -2.01. The Labute approximate surface area is 180 Å². The number of aryl methyl sites for hydroxylation is 1. The molecule has 2 aromatic carbocycles. The van der Waals surface area contributed by atoms with Gasteiger partial charge in [0.25, 0.3) is 0 Å². The van der Waals surface area contributed by atoms with Crippen LogP contribution in [0.2, 0.25) is 0 Å². The molecule has 0 amide bonds. The second-order valence-corrected chi connectivity index (χ2v) is 7.39. The summed E-state index contributed by atoms with van der Waals surface area (Å²) >= 11 is 0. The molecule has 0 unspecified atom stereocenters. The first kappa shape index (κ1) is 29.2. The number of hydrogen-bond acceptors (Lipinski definition) is 2. The Balaban J connectivity index is 0. The van der Waals surface area contributed by atoms with Crippen LogP contribution in [0.4, 0.5) is 0 Å². The third-order valence-electron chi connectivity index (χ3n) is 4.86. The summed E-state index contributed by atoms with van der Waals surface area (Å²) in [4.78, 5) is 16.0. The third kappa shape index (κ3) is 17.8. The summed E-state index contributed by atoms with van der Waals surface area (Å²) < 4.78 is 0. The van der Waals surface area contributed by atoms with Crippen LogP contribution in [0.5, 0.6) is 0 Å². The van der Waals surface area contributed by atoms with Gasteiger partial charge in [0.05, 0.1) is 0 Å². The molecule has 0 aliphatic rings. The zero-order valence-electron chi connectivity index (χ0n) is 19.3. The van der Waals surface area contributed by atoms with Gasteiger partial charge in [0, 0.05) is 0 Å². The van der Waals surface area contributed by atoms with E-state index in [1.807, 2.05) is 13.6 Å². The summed E-state index contributed by atoms with van der Waals surface area (Å²) in [6.45, 7) is 10.7. The van der Waals surface area contributed by atoms with Crippen molar-refractivity contribution in [3.63, 3.8) is 0 Å². The molecule has 0 radical (unpaired) electrons. The van der Waals surface area contributed by atoms with Crippen LogP contribution >= 0.6 is 0 Å². The van der Waals surface area contributed by atoms with Crippen molar-refractivity contribution in [2.45, 2.75) is 97.8 Å². The fourth-order valence-electron chi connectivity index (χ4n) is 3.22. The Morgan fingerprint density at radius 1 is 0.552 bits per heavy atom. The minimum absolute atomic E-state index is 1.32. The molecule has 0 atom stereocenters. The van der Waals surface area contributed by atoms with E-state index in [1.165, 1.54) is 93.4 Å². The Bertz CT molecular complexity index is 566. The van der Waals surface area contributed by atoms with Crippen molar-refractivity contribution in [2.24, 2.45) is 0 Å². The van der Waals surface area contributed by atoms with Gasteiger partial charge < -0.3 is 9.59 Å². The molecular formula is C27H44O2. The lowest BCUT2D eigenvalue weighted by Crippen LogP contribution is -1.81. The van der Waals surface area contributed by atoms with Crippen molar-refractivity contribution in [1.29, 1.82) is 0 Å². The van der Waals surface area contributed by atoms with Gasteiger partial charge in [0.1, 0.15) is 13.6 Å². The van der Waals surface area contributed by atoms with E-state index in [4.69, 9.17) is 9.59 Å². The molecule has 0 heterocycles. The fraction of sp³-hybridized carbons (Fsp3) is 0.556. The number of benzene rings is 2. The lowest BCUT2D eigenvalue weighted by atomic mass is 10.1. The molecule has 2 heteroatoms. The van der Waals surface area contributed by atoms with Gasteiger partial charge in [-0.1, -0.05) is 139 Å². The highest BCUT2D eigenvalue weighted by Gasteiger charge is 1.92. The highest BCUT2D eigenvalue weighted by Crippen LogP contribution is 2.14. The van der Waals surface area contributed by atoms with Crippen LogP contribution in [-0.2, 0) is 9.59 Å². The Hall–Kier alpha value is -1.96. The maximum absolute atomic E-state index is 8.00. The molecule has 0 saturated carbocycles. The van der Waals surface area contributed by atoms with Crippen molar-refractivity contribution in [3.05, 3.63) is 48.0 Å². The van der Waals surface area contributed by atoms with E-state index < -0.39 is 0 Å². The zero-order valence-corrected chi connectivity index (χ0v) is 19.3. The van der Waals surface area contributed by atoms with E-state index in [9.17, 15) is 0 Å². The van der Waals surface area contributed by atoms with Gasteiger partial charge in [-0.15, -0.1) is 0 Å². The first-order valence-electron chi connectivity index (χ1n) is 11.3. The molecule has 0 bridgehead atoms. The number of fused-ring (bicyclic) bond motifs is 1. The summed E-state index contributed by atoms with van der Waals surface area (Å²) in [5.41, 5.74) is 1.32. The highest BCUT2D eigenvalue weighted by atomic mass is 16.1. The van der Waals surface area contributed by atoms with Crippen LogP contribution in [0.3, 0.4) is 0 Å². The number of rotatable bonds is 11. The molecule has 2 aromatic rings. The molecule has 0 aliphatic heterocycles. The molecule has 0 aliphatic carbocycles. The third-order valence-corrected chi connectivity index (χ3v) is 4.86. The molecular weight excluding hydrogens is 356 g/mol. The molecule has 164 valence electrons. The van der Waals surface area contributed by atoms with E-state index in [0.29, 0.717) is 0 Å². The van der Waals surface area contributed by atoms with Crippen LogP contribution in [0, 0.1) is 6.92 Å². The van der Waals surface area contributed by atoms with Gasteiger partial charge in [-0.3, -0.25) is 0 Å². The van der Waals surface area contributed by atoms with E-state index in [1.54, 1.807) is 0 Å². The van der Waals surface area contributed by atoms with Gasteiger partial charge in [-0.25, -0.2) is 0 Å². The van der Waals surface area contributed by atoms with Gasteiger partial charge >= 0.3 is 0 Å². The summed E-state index contributed by atoms with van der Waals surface area (Å²) in [5.74, 6) is 0. The summed E-state index contributed by atoms with van der Waals surface area (Å²) in [6, 6.07) is 14.9. The van der Waals surface area contributed by atoms with Crippen LogP contribution in [-0.4, -0.2) is 13.6 Å². The first-order chi connectivity index (χ1) is 14.3. The highest BCUT2D eigenvalue weighted by molar-refractivity contribution is 5.82. The van der Waals surface area contributed by atoms with E-state index in [2.05, 4.69) is 63.2 Å². The minimum atomic E-state index is 1.32. The second kappa shape index (κ2) is 24.1. The average Bonchev–Trinajstić information content (AvgIpc) is 2.78. The van der Waals surface area contributed by atoms with Crippen molar-refractivity contribution in [2.75, 3.05) is 0 Å². The van der Waals surface area contributed by atoms with Crippen LogP contribution in [0.1, 0.15) is 96.5 Å². The van der Waals surface area contributed by atoms with Crippen molar-refractivity contribution in [3.8, 4) is 0 Å². The largest absolute Gasteiger partial charge is 0.307 e. The molecule has 0 saturated heterocycles. The minimum Gasteiger partial charge on any atom is -0.307 e. The van der Waals surface area contributed by atoms with E-state index >= 15 is 0 Å². The maximum Gasteiger partial charge on any atom is 0.106 e. The van der Waals surface area contributed by atoms with Crippen LogP contribution in [0.15, 0.2) is 42.5 Å². The molecule has 2 nitrogen and oxygen atoms in total. The summed E-state index contributed by atoms with van der Waals surface area (Å²) in [7, 11) is 0. The number of carbonyl (C=O) groups is 2. The Kier molecular flexibility index (Phi) is 24.3. The predicted octanol–water partition coefficient (Wildman–Crippen LogP) is 8.49. The predicted molar refractivity (Wildman–Crippen MR) is 130 cm³/mol. The summed E-state index contributed by atoms with van der Waals surface area (Å²) in [5, 5.41) is 2.64. The van der Waals surface area contributed by atoms with Crippen LogP contribution < -0.4 is 0 Å². The number of carbonyl (C=O) groups excluding carboxylic acids is 2. The van der Waals surface area contributed by atoms with Crippen molar-refractivity contribution < 1.29 is 9.59 Å². The standard InChI is InChI=1S/C14H30.C11H10.2CH2O/c1-3-5-7-9-11-13-14-12-10-8-6-4-2;1-9-6-7-10-4-2-3-5-11(10)8-9;2*1-2/h3-14H2,1-2H3;2-8H,1H3;2*1H2. The van der Waals surface area contributed by atoms with Crippen LogP contribution in [0.25, 0.3) is 10.8 Å². The molecule has 0 spiro atoms. The van der Waals surface area contributed by atoms with Gasteiger partial charge in [-0.05, 0) is 17.7 Å². The number of hydrogen-bond donors (Lipinski definition) is 0. The van der Waals surface area contributed by atoms with Gasteiger partial charge in [0.15, 0.2) is 0 Å². The molecule has 0 N–H and O–H groups in total. The topological polar surface area (TPSA) is 34.1 Å². The van der Waals surface area contributed by atoms with Crippen molar-refractivity contribution in [1.82, 2.24) is 0 Å². The van der Waals surface area contributed by atoms with Gasteiger partial charge in [0.2, 0.25) is 0 Å². The summed E-state index contributed by atoms with van der Waals surface area (Å²) in [6.07, 6.45) is 17.4. The lowest BCUT2D eigenvalue weighted by molar-refractivity contribution is -0.0987. The number of unbranched alkanes of at least 4 members (excludes halogenated alkanes) is 11. The fourth-order valence-corrected chi connectivity index (χ4v) is 3.22. The van der Waals surface area contributed by atoms with Crippen molar-refractivity contribution >= 4 is 24.4 Å². The molecule has 2 rings (SSSR count). The quantitative estimate of drug-likeness (QED) is 0.354. The maximum atomic E-state index is 8.00. The van der Waals surface area contributed by atoms with Gasteiger partial charge in [-0.2, -0.15) is 0 Å². The first-order valence-corrected chi connectivity index (χ1v) is 11.3. The second-order valence-electron chi connectivity index (χ2n) is 7.39. The van der Waals surface area contributed by atoms with E-state index in [0.717, 1.165) is 0 Å². The molecule has 0 fully saturated rings. The Morgan fingerprint density at radius 3 is 1.34 bits per heavy atom. The van der Waals surface area contributed by atoms with E-state index in [-0.39, 0.29) is 0 Å². The normalized spacial score (nSPS) is 9.34. The molecule has 29 heavy (non-hydrogen) atoms. The Morgan fingerprint density at radius 2 is 0.931 bits per heavy atom. The molecule has 0 aromatic heterocycles. The zero-order chi connectivity index (χ0) is 22.2. The average molecular weight is 401 g/mol. The SMILES string of the molecule is C=O.C=O.CCCCCCCCCCCCCC.Cc1ccc2ccccc2c1. The smallest absolute Gasteiger partial charge is 0.106 e.